The van der Waals surface area contributed by atoms with Crippen LogP contribution in [0.4, 0.5) is 4.39 Å². The smallest absolute Gasteiger partial charge is 0.165 e. The lowest BCUT2D eigenvalue weighted by molar-refractivity contribution is -0.168. The molecule has 0 amide bonds. The van der Waals surface area contributed by atoms with E-state index in [1.54, 1.807) is 6.07 Å². The van der Waals surface area contributed by atoms with Crippen molar-refractivity contribution in [2.24, 2.45) is 5.41 Å². The number of aliphatic hydroxyl groups excluding tert-OH is 1. The number of benzene rings is 1. The highest BCUT2D eigenvalue weighted by Crippen LogP contribution is 2.73. The molecule has 0 unspecified atom stereocenters. The Morgan fingerprint density at radius 3 is 2.62 bits per heavy atom. The SMILES string of the molecule is COc1cc(C23CC(CO)(C2)C3)ccc1F. The summed E-state index contributed by atoms with van der Waals surface area (Å²) in [6.45, 7) is 0.285. The minimum absolute atomic E-state index is 0.182. The summed E-state index contributed by atoms with van der Waals surface area (Å²) in [7, 11) is 1.49. The summed E-state index contributed by atoms with van der Waals surface area (Å²) in [5.74, 6) is 0.00925. The van der Waals surface area contributed by atoms with E-state index in [2.05, 4.69) is 0 Å². The molecule has 3 aliphatic carbocycles. The highest BCUT2D eigenvalue weighted by molar-refractivity contribution is 5.42. The molecule has 2 nitrogen and oxygen atoms in total. The fraction of sp³-hybridized carbons (Fsp3) is 0.538. The van der Waals surface area contributed by atoms with Crippen molar-refractivity contribution >= 4 is 0 Å². The van der Waals surface area contributed by atoms with Gasteiger partial charge < -0.3 is 9.84 Å². The Bertz CT molecular complexity index is 422. The number of rotatable bonds is 3. The molecular formula is C13H15FO2. The largest absolute Gasteiger partial charge is 0.494 e. The molecule has 0 saturated heterocycles. The summed E-state index contributed by atoms with van der Waals surface area (Å²) in [5, 5.41) is 9.20. The van der Waals surface area contributed by atoms with E-state index in [9.17, 15) is 9.50 Å². The highest BCUT2D eigenvalue weighted by atomic mass is 19.1. The molecule has 1 N–H and O–H groups in total. The van der Waals surface area contributed by atoms with Crippen LogP contribution in [0.3, 0.4) is 0 Å². The molecule has 3 fully saturated rings. The molecule has 0 spiro atoms. The van der Waals surface area contributed by atoms with E-state index in [-0.39, 0.29) is 23.3 Å². The summed E-state index contributed by atoms with van der Waals surface area (Å²) in [6, 6.07) is 5.12. The molecule has 0 atom stereocenters. The molecule has 0 aromatic heterocycles. The fourth-order valence-corrected chi connectivity index (χ4v) is 3.46. The Hall–Kier alpha value is -1.09. The van der Waals surface area contributed by atoms with Crippen LogP contribution in [0.2, 0.25) is 0 Å². The lowest BCUT2D eigenvalue weighted by Crippen LogP contribution is -2.66. The van der Waals surface area contributed by atoms with Crippen LogP contribution >= 0.6 is 0 Å². The first-order valence-corrected chi connectivity index (χ1v) is 5.58. The molecule has 1 aromatic carbocycles. The van der Waals surface area contributed by atoms with Crippen molar-refractivity contribution < 1.29 is 14.2 Å². The van der Waals surface area contributed by atoms with Crippen molar-refractivity contribution in [2.45, 2.75) is 24.7 Å². The zero-order chi connectivity index (χ0) is 11.4. The van der Waals surface area contributed by atoms with Crippen molar-refractivity contribution in [1.29, 1.82) is 0 Å². The Morgan fingerprint density at radius 2 is 2.06 bits per heavy atom. The first kappa shape index (κ1) is 10.1. The van der Waals surface area contributed by atoms with Gasteiger partial charge in [0.2, 0.25) is 0 Å². The average Bonchev–Trinajstić information content (AvgIpc) is 2.17. The van der Waals surface area contributed by atoms with Crippen LogP contribution < -0.4 is 4.74 Å². The first-order valence-electron chi connectivity index (χ1n) is 5.58. The molecule has 2 bridgehead atoms. The quantitative estimate of drug-likeness (QED) is 0.850. The van der Waals surface area contributed by atoms with Crippen LogP contribution in [0.15, 0.2) is 18.2 Å². The van der Waals surface area contributed by atoms with Gasteiger partial charge in [0, 0.05) is 6.61 Å². The van der Waals surface area contributed by atoms with E-state index in [1.807, 2.05) is 6.07 Å². The lowest BCUT2D eigenvalue weighted by Gasteiger charge is -2.70. The molecule has 0 heterocycles. The lowest BCUT2D eigenvalue weighted by atomic mass is 9.34. The molecule has 3 heteroatoms. The number of halogens is 1. The Morgan fingerprint density at radius 1 is 1.38 bits per heavy atom. The number of ether oxygens (including phenoxy) is 1. The maximum atomic E-state index is 13.3. The molecule has 3 saturated carbocycles. The second kappa shape index (κ2) is 2.98. The van der Waals surface area contributed by atoms with Gasteiger partial charge in [0.15, 0.2) is 11.6 Å². The molecular weight excluding hydrogens is 207 g/mol. The predicted octanol–water partition coefficient (Wildman–Crippen LogP) is 2.25. The van der Waals surface area contributed by atoms with Crippen molar-refractivity contribution in [3.05, 3.63) is 29.6 Å². The highest BCUT2D eigenvalue weighted by Gasteiger charge is 2.67. The van der Waals surface area contributed by atoms with Crippen LogP contribution in [0, 0.1) is 11.2 Å². The third-order valence-corrected chi connectivity index (χ3v) is 4.24. The van der Waals surface area contributed by atoms with Crippen LogP contribution in [0.25, 0.3) is 0 Å². The molecule has 0 radical (unpaired) electrons. The average molecular weight is 222 g/mol. The minimum atomic E-state index is -0.310. The van der Waals surface area contributed by atoms with Gasteiger partial charge in [-0.3, -0.25) is 0 Å². The van der Waals surface area contributed by atoms with Crippen LogP contribution in [-0.4, -0.2) is 18.8 Å². The fourth-order valence-electron chi connectivity index (χ4n) is 3.46. The van der Waals surface area contributed by atoms with Gasteiger partial charge in [-0.2, -0.15) is 0 Å². The third kappa shape index (κ3) is 1.09. The number of aliphatic hydroxyl groups is 1. The predicted molar refractivity (Wildman–Crippen MR) is 58.0 cm³/mol. The van der Waals surface area contributed by atoms with Gasteiger partial charge in [0.05, 0.1) is 7.11 Å². The van der Waals surface area contributed by atoms with E-state index in [1.165, 1.54) is 13.2 Å². The zero-order valence-electron chi connectivity index (χ0n) is 9.29. The molecule has 1 aromatic rings. The monoisotopic (exact) mass is 222 g/mol. The Balaban J connectivity index is 1.87. The van der Waals surface area contributed by atoms with Crippen molar-refractivity contribution in [3.8, 4) is 5.75 Å². The van der Waals surface area contributed by atoms with Gasteiger partial charge in [-0.1, -0.05) is 6.07 Å². The molecule has 3 aliphatic rings. The van der Waals surface area contributed by atoms with Gasteiger partial charge in [-0.25, -0.2) is 4.39 Å². The maximum absolute atomic E-state index is 13.3. The summed E-state index contributed by atoms with van der Waals surface area (Å²) >= 11 is 0. The van der Waals surface area contributed by atoms with Gasteiger partial charge >= 0.3 is 0 Å². The molecule has 0 aliphatic heterocycles. The summed E-state index contributed by atoms with van der Waals surface area (Å²) < 4.78 is 18.3. The second-order valence-corrected chi connectivity index (χ2v) is 5.32. The van der Waals surface area contributed by atoms with E-state index in [0.29, 0.717) is 5.75 Å². The number of hydrogen-bond acceptors (Lipinski definition) is 2. The summed E-state index contributed by atoms with van der Waals surface area (Å²) in [6.07, 6.45) is 3.10. The first-order chi connectivity index (χ1) is 7.63. The summed E-state index contributed by atoms with van der Waals surface area (Å²) in [4.78, 5) is 0. The van der Waals surface area contributed by atoms with Gasteiger partial charge in [0.1, 0.15) is 0 Å². The van der Waals surface area contributed by atoms with E-state index >= 15 is 0 Å². The van der Waals surface area contributed by atoms with Crippen LogP contribution in [0.5, 0.6) is 5.75 Å². The van der Waals surface area contributed by atoms with Gasteiger partial charge in [0.25, 0.3) is 0 Å². The van der Waals surface area contributed by atoms with Gasteiger partial charge in [-0.15, -0.1) is 0 Å². The molecule has 86 valence electrons. The van der Waals surface area contributed by atoms with Crippen LogP contribution in [-0.2, 0) is 5.41 Å². The normalized spacial score (nSPS) is 35.2. The molecule has 4 rings (SSSR count). The summed E-state index contributed by atoms with van der Waals surface area (Å²) in [5.41, 5.74) is 1.53. The maximum Gasteiger partial charge on any atom is 0.165 e. The van der Waals surface area contributed by atoms with E-state index in [0.717, 1.165) is 24.8 Å². The second-order valence-electron chi connectivity index (χ2n) is 5.32. The van der Waals surface area contributed by atoms with Crippen molar-refractivity contribution in [1.82, 2.24) is 0 Å². The van der Waals surface area contributed by atoms with Crippen molar-refractivity contribution in [3.63, 3.8) is 0 Å². The zero-order valence-corrected chi connectivity index (χ0v) is 9.29. The van der Waals surface area contributed by atoms with Crippen molar-refractivity contribution in [2.75, 3.05) is 13.7 Å². The Kier molecular flexibility index (Phi) is 1.88. The molecule has 16 heavy (non-hydrogen) atoms. The topological polar surface area (TPSA) is 29.5 Å². The third-order valence-electron chi connectivity index (χ3n) is 4.24. The number of hydrogen-bond donors (Lipinski definition) is 1. The number of methoxy groups -OCH3 is 1. The van der Waals surface area contributed by atoms with E-state index in [4.69, 9.17) is 4.74 Å². The van der Waals surface area contributed by atoms with E-state index < -0.39 is 0 Å². The van der Waals surface area contributed by atoms with Gasteiger partial charge in [-0.05, 0) is 47.8 Å². The Labute approximate surface area is 94.0 Å². The minimum Gasteiger partial charge on any atom is -0.494 e. The van der Waals surface area contributed by atoms with Crippen LogP contribution in [0.1, 0.15) is 24.8 Å². The standard InChI is InChI=1S/C13H15FO2/c1-16-11-4-9(2-3-10(11)14)13-5-12(6-13,7-13)8-15/h2-4,15H,5-8H2,1H3.